The van der Waals surface area contributed by atoms with Gasteiger partial charge in [0.2, 0.25) is 5.91 Å². The molecule has 0 atom stereocenters. The highest BCUT2D eigenvalue weighted by molar-refractivity contribution is 5.80. The van der Waals surface area contributed by atoms with Crippen LogP contribution >= 0.6 is 0 Å². The second-order valence-electron chi connectivity index (χ2n) is 6.32. The Morgan fingerprint density at radius 2 is 1.68 bits per heavy atom. The van der Waals surface area contributed by atoms with Crippen molar-refractivity contribution in [2.75, 3.05) is 36.4 Å². The fourth-order valence-corrected chi connectivity index (χ4v) is 3.01. The van der Waals surface area contributed by atoms with Crippen LogP contribution in [0.2, 0.25) is 0 Å². The third-order valence-corrected chi connectivity index (χ3v) is 4.44. The molecule has 0 radical (unpaired) electrons. The van der Waals surface area contributed by atoms with Crippen molar-refractivity contribution in [2.24, 2.45) is 0 Å². The van der Waals surface area contributed by atoms with Gasteiger partial charge in [0, 0.05) is 31.0 Å². The van der Waals surface area contributed by atoms with Gasteiger partial charge < -0.3 is 15.5 Å². The van der Waals surface area contributed by atoms with Crippen LogP contribution in [0.25, 0.3) is 0 Å². The maximum atomic E-state index is 12.8. The molecule has 2 aromatic carbocycles. The lowest BCUT2D eigenvalue weighted by atomic mass is 10.1. The van der Waals surface area contributed by atoms with Gasteiger partial charge in [-0.3, -0.25) is 4.79 Å². The van der Waals surface area contributed by atoms with Crippen molar-refractivity contribution in [1.82, 2.24) is 5.32 Å². The van der Waals surface area contributed by atoms with Gasteiger partial charge in [-0.05, 0) is 61.2 Å². The highest BCUT2D eigenvalue weighted by atomic mass is 19.1. The zero-order valence-corrected chi connectivity index (χ0v) is 14.3. The van der Waals surface area contributed by atoms with E-state index in [1.54, 1.807) is 12.1 Å². The summed E-state index contributed by atoms with van der Waals surface area (Å²) < 4.78 is 12.8. The quantitative estimate of drug-likeness (QED) is 0.813. The highest BCUT2D eigenvalue weighted by Gasteiger charge is 2.11. The molecule has 1 aliphatic rings. The molecule has 0 unspecified atom stereocenters. The van der Waals surface area contributed by atoms with Gasteiger partial charge >= 0.3 is 0 Å². The predicted molar refractivity (Wildman–Crippen MR) is 99.5 cm³/mol. The van der Waals surface area contributed by atoms with Crippen LogP contribution in [0.5, 0.6) is 0 Å². The van der Waals surface area contributed by atoms with Gasteiger partial charge in [0.1, 0.15) is 5.82 Å². The van der Waals surface area contributed by atoms with Crippen molar-refractivity contribution in [1.29, 1.82) is 0 Å². The first-order valence-electron chi connectivity index (χ1n) is 8.81. The molecule has 5 heteroatoms. The summed E-state index contributed by atoms with van der Waals surface area (Å²) in [5.41, 5.74) is 3.19. The van der Waals surface area contributed by atoms with Crippen molar-refractivity contribution in [2.45, 2.75) is 19.3 Å². The molecule has 0 saturated carbocycles. The van der Waals surface area contributed by atoms with E-state index in [0.29, 0.717) is 13.0 Å². The van der Waals surface area contributed by atoms with Crippen LogP contribution in [-0.4, -0.2) is 32.1 Å². The average Bonchev–Trinajstić information content (AvgIpc) is 3.17. The summed E-state index contributed by atoms with van der Waals surface area (Å²) in [6, 6.07) is 14.6. The van der Waals surface area contributed by atoms with Gasteiger partial charge in [-0.15, -0.1) is 0 Å². The number of halogens is 1. The molecule has 1 aliphatic heterocycles. The number of carbonyl (C=O) groups excluding carboxylic acids is 1. The molecule has 0 spiro atoms. The summed E-state index contributed by atoms with van der Waals surface area (Å²) in [6.07, 6.45) is 3.22. The number of nitrogens with one attached hydrogen (secondary N) is 2. The van der Waals surface area contributed by atoms with Crippen molar-refractivity contribution in [3.8, 4) is 0 Å². The molecule has 132 valence electrons. The van der Waals surface area contributed by atoms with Gasteiger partial charge in [0.05, 0.1) is 6.54 Å². The van der Waals surface area contributed by atoms with Crippen LogP contribution in [0, 0.1) is 5.82 Å². The Labute approximate surface area is 148 Å². The summed E-state index contributed by atoms with van der Waals surface area (Å²) in [6.45, 7) is 3.04. The number of hydrogen-bond donors (Lipinski definition) is 2. The smallest absolute Gasteiger partial charge is 0.239 e. The van der Waals surface area contributed by atoms with Gasteiger partial charge in [-0.25, -0.2) is 4.39 Å². The summed E-state index contributed by atoms with van der Waals surface area (Å²) in [5.74, 6) is -0.293. The lowest BCUT2D eigenvalue weighted by molar-refractivity contribution is -0.119. The molecule has 3 rings (SSSR count). The summed E-state index contributed by atoms with van der Waals surface area (Å²) in [4.78, 5) is 14.3. The number of nitrogens with zero attached hydrogens (tertiary/aromatic N) is 1. The first kappa shape index (κ1) is 17.3. The first-order valence-corrected chi connectivity index (χ1v) is 8.81. The van der Waals surface area contributed by atoms with E-state index in [0.717, 1.165) is 24.3 Å². The van der Waals surface area contributed by atoms with Gasteiger partial charge in [-0.1, -0.05) is 12.1 Å². The van der Waals surface area contributed by atoms with Crippen molar-refractivity contribution < 1.29 is 9.18 Å². The maximum Gasteiger partial charge on any atom is 0.239 e. The Morgan fingerprint density at radius 3 is 2.36 bits per heavy atom. The Balaban J connectivity index is 1.37. The largest absolute Gasteiger partial charge is 0.376 e. The number of rotatable bonds is 7. The predicted octanol–water partition coefficient (Wildman–Crippen LogP) is 3.20. The van der Waals surface area contributed by atoms with Crippen LogP contribution in [0.4, 0.5) is 15.8 Å². The Bertz CT molecular complexity index is 679. The minimum absolute atomic E-state index is 0.0502. The maximum absolute atomic E-state index is 12.8. The third kappa shape index (κ3) is 5.21. The molecule has 4 nitrogen and oxygen atoms in total. The van der Waals surface area contributed by atoms with Crippen LogP contribution in [0.3, 0.4) is 0 Å². The molecule has 2 N–H and O–H groups in total. The molecule has 2 aromatic rings. The van der Waals surface area contributed by atoms with Crippen molar-refractivity contribution in [3.63, 3.8) is 0 Å². The van der Waals surface area contributed by atoms with Crippen LogP contribution in [0.15, 0.2) is 48.5 Å². The molecule has 0 aliphatic carbocycles. The minimum atomic E-state index is -0.243. The average molecular weight is 341 g/mol. The van der Waals surface area contributed by atoms with E-state index >= 15 is 0 Å². The van der Waals surface area contributed by atoms with E-state index < -0.39 is 0 Å². The second kappa shape index (κ2) is 8.51. The first-order chi connectivity index (χ1) is 12.2. The molecule has 0 bridgehead atoms. The summed E-state index contributed by atoms with van der Waals surface area (Å²) in [5, 5.41) is 6.01. The molecule has 1 amide bonds. The fraction of sp³-hybridized carbons (Fsp3) is 0.350. The van der Waals surface area contributed by atoms with Gasteiger partial charge in [0.25, 0.3) is 0 Å². The highest BCUT2D eigenvalue weighted by Crippen LogP contribution is 2.21. The van der Waals surface area contributed by atoms with Gasteiger partial charge in [-0.2, -0.15) is 0 Å². The molecule has 25 heavy (non-hydrogen) atoms. The van der Waals surface area contributed by atoms with E-state index in [2.05, 4.69) is 27.7 Å². The monoisotopic (exact) mass is 341 g/mol. The zero-order chi connectivity index (χ0) is 17.5. The number of benzene rings is 2. The molecular formula is C20H24FN3O. The Hall–Kier alpha value is -2.56. The Morgan fingerprint density at radius 1 is 1.00 bits per heavy atom. The number of hydrogen-bond acceptors (Lipinski definition) is 3. The fourth-order valence-electron chi connectivity index (χ4n) is 3.01. The van der Waals surface area contributed by atoms with Crippen LogP contribution < -0.4 is 15.5 Å². The summed E-state index contributed by atoms with van der Waals surface area (Å²) >= 11 is 0. The molecule has 1 saturated heterocycles. The second-order valence-corrected chi connectivity index (χ2v) is 6.32. The SMILES string of the molecule is O=C(CNc1ccc(N2CCCC2)cc1)NCCc1ccc(F)cc1. The van der Waals surface area contributed by atoms with Crippen molar-refractivity contribution >= 4 is 17.3 Å². The normalized spacial score (nSPS) is 13.7. The molecule has 0 aromatic heterocycles. The molecule has 1 fully saturated rings. The van der Waals surface area contributed by atoms with Gasteiger partial charge in [0.15, 0.2) is 0 Å². The minimum Gasteiger partial charge on any atom is -0.376 e. The van der Waals surface area contributed by atoms with E-state index in [9.17, 15) is 9.18 Å². The van der Waals surface area contributed by atoms with Crippen LogP contribution in [-0.2, 0) is 11.2 Å². The zero-order valence-electron chi connectivity index (χ0n) is 14.3. The lowest BCUT2D eigenvalue weighted by Gasteiger charge is -2.18. The Kier molecular flexibility index (Phi) is 5.88. The van der Waals surface area contributed by atoms with E-state index in [-0.39, 0.29) is 18.3 Å². The van der Waals surface area contributed by atoms with E-state index in [1.165, 1.54) is 30.7 Å². The topological polar surface area (TPSA) is 44.4 Å². The number of amides is 1. The van der Waals surface area contributed by atoms with E-state index in [4.69, 9.17) is 0 Å². The molecular weight excluding hydrogens is 317 g/mol. The third-order valence-electron chi connectivity index (χ3n) is 4.44. The van der Waals surface area contributed by atoms with E-state index in [1.807, 2.05) is 12.1 Å². The lowest BCUT2D eigenvalue weighted by Crippen LogP contribution is -2.31. The standard InChI is InChI=1S/C20H24FN3O/c21-17-5-3-16(4-6-17)11-12-22-20(25)15-23-18-7-9-19(10-8-18)24-13-1-2-14-24/h3-10,23H,1-2,11-15H2,(H,22,25). The molecule has 1 heterocycles. The van der Waals surface area contributed by atoms with Crippen LogP contribution in [0.1, 0.15) is 18.4 Å². The number of carbonyl (C=O) groups is 1. The van der Waals surface area contributed by atoms with Crippen molar-refractivity contribution in [3.05, 3.63) is 59.9 Å². The summed E-state index contributed by atoms with van der Waals surface area (Å²) in [7, 11) is 0. The number of anilines is 2.